The minimum atomic E-state index is -0.800. The SMILES string of the molecule is CNC(Cc1ccc(F)c(F)c1)c1cscc1C. The van der Waals surface area contributed by atoms with Gasteiger partial charge < -0.3 is 5.32 Å². The van der Waals surface area contributed by atoms with Gasteiger partial charge in [-0.25, -0.2) is 8.78 Å². The zero-order chi connectivity index (χ0) is 13.1. The van der Waals surface area contributed by atoms with E-state index < -0.39 is 11.6 Å². The van der Waals surface area contributed by atoms with Crippen LogP contribution in [0.4, 0.5) is 8.78 Å². The molecular formula is C14H15F2NS. The lowest BCUT2D eigenvalue weighted by atomic mass is 9.99. The summed E-state index contributed by atoms with van der Waals surface area (Å²) in [6.45, 7) is 2.06. The highest BCUT2D eigenvalue weighted by Gasteiger charge is 2.14. The number of hydrogen-bond acceptors (Lipinski definition) is 2. The van der Waals surface area contributed by atoms with Crippen LogP contribution in [0.2, 0.25) is 0 Å². The molecule has 0 radical (unpaired) electrons. The van der Waals surface area contributed by atoms with Crippen LogP contribution in [0.1, 0.15) is 22.7 Å². The molecule has 0 aliphatic heterocycles. The van der Waals surface area contributed by atoms with E-state index in [2.05, 4.69) is 23.0 Å². The number of nitrogens with one attached hydrogen (secondary N) is 1. The fourth-order valence-electron chi connectivity index (χ4n) is 2.00. The summed E-state index contributed by atoms with van der Waals surface area (Å²) in [5.74, 6) is -1.59. The Morgan fingerprint density at radius 3 is 2.56 bits per heavy atom. The molecule has 0 aliphatic rings. The molecular weight excluding hydrogens is 252 g/mol. The number of thiophene rings is 1. The lowest BCUT2D eigenvalue weighted by Gasteiger charge is -2.16. The number of hydrogen-bond donors (Lipinski definition) is 1. The molecule has 0 fully saturated rings. The molecule has 0 aliphatic carbocycles. The van der Waals surface area contributed by atoms with Crippen LogP contribution < -0.4 is 5.32 Å². The van der Waals surface area contributed by atoms with Gasteiger partial charge in [0, 0.05) is 6.04 Å². The summed E-state index contributed by atoms with van der Waals surface area (Å²) < 4.78 is 26.0. The molecule has 18 heavy (non-hydrogen) atoms. The number of likely N-dealkylation sites (N-methyl/N-ethyl adjacent to an activating group) is 1. The van der Waals surface area contributed by atoms with Crippen LogP contribution in [0.25, 0.3) is 0 Å². The molecule has 2 rings (SSSR count). The van der Waals surface area contributed by atoms with E-state index in [4.69, 9.17) is 0 Å². The van der Waals surface area contributed by atoms with Gasteiger partial charge in [-0.15, -0.1) is 0 Å². The van der Waals surface area contributed by atoms with Crippen LogP contribution in [0.5, 0.6) is 0 Å². The predicted molar refractivity (Wildman–Crippen MR) is 70.9 cm³/mol. The van der Waals surface area contributed by atoms with Crippen LogP contribution in [-0.4, -0.2) is 7.05 Å². The van der Waals surface area contributed by atoms with Gasteiger partial charge in [0.15, 0.2) is 11.6 Å². The van der Waals surface area contributed by atoms with Crippen molar-refractivity contribution >= 4 is 11.3 Å². The first-order valence-corrected chi connectivity index (χ1v) is 6.70. The quantitative estimate of drug-likeness (QED) is 0.887. The van der Waals surface area contributed by atoms with Crippen LogP contribution >= 0.6 is 11.3 Å². The first-order chi connectivity index (χ1) is 8.61. The Morgan fingerprint density at radius 2 is 2.00 bits per heavy atom. The van der Waals surface area contributed by atoms with E-state index in [1.54, 1.807) is 17.4 Å². The third-order valence-electron chi connectivity index (χ3n) is 3.04. The summed E-state index contributed by atoms with van der Waals surface area (Å²) >= 11 is 1.65. The van der Waals surface area contributed by atoms with Crippen molar-refractivity contribution in [2.45, 2.75) is 19.4 Å². The van der Waals surface area contributed by atoms with Crippen LogP contribution in [0.15, 0.2) is 29.0 Å². The Balaban J connectivity index is 2.20. The molecule has 1 nitrogen and oxygen atoms in total. The van der Waals surface area contributed by atoms with E-state index in [1.807, 2.05) is 7.05 Å². The molecule has 1 atom stereocenters. The molecule has 1 unspecified atom stereocenters. The Labute approximate surface area is 109 Å². The standard InChI is InChI=1S/C14H15F2NS/c1-9-7-18-8-11(9)14(17-2)6-10-3-4-12(15)13(16)5-10/h3-5,7-8,14,17H,6H2,1-2H3. The van der Waals surface area contributed by atoms with Gasteiger partial charge in [-0.2, -0.15) is 11.3 Å². The van der Waals surface area contributed by atoms with Crippen LogP contribution in [-0.2, 0) is 6.42 Å². The molecule has 1 heterocycles. The van der Waals surface area contributed by atoms with Gasteiger partial charge in [-0.05, 0) is 60.0 Å². The molecule has 0 amide bonds. The van der Waals surface area contributed by atoms with E-state index in [1.165, 1.54) is 23.3 Å². The van der Waals surface area contributed by atoms with Gasteiger partial charge in [0.25, 0.3) is 0 Å². The fraction of sp³-hybridized carbons (Fsp3) is 0.286. The van der Waals surface area contributed by atoms with Gasteiger partial charge in [-0.1, -0.05) is 6.07 Å². The zero-order valence-electron chi connectivity index (χ0n) is 10.3. The van der Waals surface area contributed by atoms with Crippen molar-refractivity contribution in [2.75, 3.05) is 7.05 Å². The van der Waals surface area contributed by atoms with Crippen molar-refractivity contribution in [3.63, 3.8) is 0 Å². The van der Waals surface area contributed by atoms with E-state index in [0.717, 1.165) is 5.56 Å². The lowest BCUT2D eigenvalue weighted by molar-refractivity contribution is 0.504. The fourth-order valence-corrected chi connectivity index (χ4v) is 2.90. The Bertz CT molecular complexity index is 536. The highest BCUT2D eigenvalue weighted by molar-refractivity contribution is 7.08. The summed E-state index contributed by atoms with van der Waals surface area (Å²) in [6.07, 6.45) is 0.644. The third kappa shape index (κ3) is 2.76. The van der Waals surface area contributed by atoms with Crippen molar-refractivity contribution in [2.24, 2.45) is 0 Å². The summed E-state index contributed by atoms with van der Waals surface area (Å²) in [5.41, 5.74) is 3.23. The Morgan fingerprint density at radius 1 is 1.22 bits per heavy atom. The first kappa shape index (κ1) is 13.2. The van der Waals surface area contributed by atoms with Crippen molar-refractivity contribution in [1.29, 1.82) is 0 Å². The molecule has 96 valence electrons. The van der Waals surface area contributed by atoms with E-state index in [9.17, 15) is 8.78 Å². The molecule has 0 saturated heterocycles. The van der Waals surface area contributed by atoms with Crippen molar-refractivity contribution in [1.82, 2.24) is 5.32 Å². The van der Waals surface area contributed by atoms with Gasteiger partial charge in [0.05, 0.1) is 0 Å². The minimum Gasteiger partial charge on any atom is -0.313 e. The summed E-state index contributed by atoms with van der Waals surface area (Å²) in [7, 11) is 1.88. The van der Waals surface area contributed by atoms with Crippen LogP contribution in [0.3, 0.4) is 0 Å². The van der Waals surface area contributed by atoms with E-state index >= 15 is 0 Å². The summed E-state index contributed by atoms with van der Waals surface area (Å²) in [4.78, 5) is 0. The second-order valence-electron chi connectivity index (χ2n) is 4.30. The Hall–Kier alpha value is -1.26. The molecule has 0 bridgehead atoms. The molecule has 2 aromatic rings. The molecule has 4 heteroatoms. The monoisotopic (exact) mass is 267 g/mol. The molecule has 0 saturated carbocycles. The van der Waals surface area contributed by atoms with E-state index in [-0.39, 0.29) is 6.04 Å². The molecule has 1 aromatic heterocycles. The maximum Gasteiger partial charge on any atom is 0.159 e. The number of halogens is 2. The summed E-state index contributed by atoms with van der Waals surface area (Å²) in [6, 6.07) is 4.20. The molecule has 0 spiro atoms. The highest BCUT2D eigenvalue weighted by atomic mass is 32.1. The maximum atomic E-state index is 13.2. The van der Waals surface area contributed by atoms with Gasteiger partial charge >= 0.3 is 0 Å². The van der Waals surface area contributed by atoms with Crippen molar-refractivity contribution in [3.8, 4) is 0 Å². The topological polar surface area (TPSA) is 12.0 Å². The average Bonchev–Trinajstić information content (AvgIpc) is 2.77. The average molecular weight is 267 g/mol. The van der Waals surface area contributed by atoms with Gasteiger partial charge in [-0.3, -0.25) is 0 Å². The number of benzene rings is 1. The lowest BCUT2D eigenvalue weighted by Crippen LogP contribution is -2.19. The van der Waals surface area contributed by atoms with Crippen molar-refractivity contribution in [3.05, 3.63) is 57.3 Å². The second kappa shape index (κ2) is 5.59. The smallest absolute Gasteiger partial charge is 0.159 e. The largest absolute Gasteiger partial charge is 0.313 e. The number of rotatable bonds is 4. The third-order valence-corrected chi connectivity index (χ3v) is 3.92. The van der Waals surface area contributed by atoms with Crippen molar-refractivity contribution < 1.29 is 8.78 Å². The van der Waals surface area contributed by atoms with Gasteiger partial charge in [0.2, 0.25) is 0 Å². The normalized spacial score (nSPS) is 12.7. The minimum absolute atomic E-state index is 0.126. The van der Waals surface area contributed by atoms with Crippen LogP contribution in [0, 0.1) is 18.6 Å². The molecule has 1 N–H and O–H groups in total. The van der Waals surface area contributed by atoms with E-state index in [0.29, 0.717) is 6.42 Å². The summed E-state index contributed by atoms with van der Waals surface area (Å²) in [5, 5.41) is 7.40. The Kier molecular flexibility index (Phi) is 4.09. The molecule has 1 aromatic carbocycles. The second-order valence-corrected chi connectivity index (χ2v) is 5.05. The van der Waals surface area contributed by atoms with Gasteiger partial charge in [0.1, 0.15) is 0 Å². The maximum absolute atomic E-state index is 13.2. The highest BCUT2D eigenvalue weighted by Crippen LogP contribution is 2.25. The number of aryl methyl sites for hydroxylation is 1. The first-order valence-electron chi connectivity index (χ1n) is 5.75. The predicted octanol–water partition coefficient (Wildman–Crippen LogP) is 3.84. The zero-order valence-corrected chi connectivity index (χ0v) is 11.2.